The number of nitrogens with zero attached hydrogens (tertiary/aromatic N) is 3. The Morgan fingerprint density at radius 1 is 0.816 bits per heavy atom. The first-order chi connectivity index (χ1) is 18.3. The maximum absolute atomic E-state index is 13.1. The normalized spacial score (nSPS) is 13.8. The van der Waals surface area contributed by atoms with Gasteiger partial charge in [0.2, 0.25) is 0 Å². The summed E-state index contributed by atoms with van der Waals surface area (Å²) in [6.45, 7) is 2.70. The molecule has 0 unspecified atom stereocenters. The third-order valence-electron chi connectivity index (χ3n) is 6.00. The number of carbonyl (C=O) groups is 2. The first kappa shape index (κ1) is 25.2. The molecule has 0 radical (unpaired) electrons. The predicted octanol–water partition coefficient (Wildman–Crippen LogP) is 5.36. The van der Waals surface area contributed by atoms with E-state index in [-0.39, 0.29) is 11.5 Å². The largest absolute Gasteiger partial charge is 0.416 e. The van der Waals surface area contributed by atoms with Crippen molar-refractivity contribution in [3.63, 3.8) is 0 Å². The number of morpholine rings is 1. The van der Waals surface area contributed by atoms with E-state index in [9.17, 15) is 22.8 Å². The van der Waals surface area contributed by atoms with Crippen molar-refractivity contribution in [3.8, 4) is 0 Å². The fourth-order valence-corrected chi connectivity index (χ4v) is 4.00. The molecule has 194 valence electrons. The Hall–Kier alpha value is -4.51. The second-order valence-corrected chi connectivity index (χ2v) is 8.59. The summed E-state index contributed by atoms with van der Waals surface area (Å²) in [5.74, 6) is 0.515. The number of ether oxygens (including phenoxy) is 1. The molecule has 0 bridgehead atoms. The van der Waals surface area contributed by atoms with Crippen molar-refractivity contribution in [2.24, 2.45) is 0 Å². The van der Waals surface area contributed by atoms with Gasteiger partial charge in [0.1, 0.15) is 5.82 Å². The molecule has 0 atom stereocenters. The molecule has 0 saturated carbocycles. The molecular weight excluding hydrogens is 499 g/mol. The molecule has 0 aliphatic carbocycles. The van der Waals surface area contributed by atoms with E-state index in [0.29, 0.717) is 41.1 Å². The highest BCUT2D eigenvalue weighted by Gasteiger charge is 2.30. The number of anilines is 3. The maximum atomic E-state index is 13.1. The SMILES string of the molecule is O=C(Nc1ccc(C(=O)c2ccc3ncc(N4CCOCC4)nc3c2)cc1)Nc1ccc(C(F)(F)F)cc1. The van der Waals surface area contributed by atoms with E-state index in [4.69, 9.17) is 4.74 Å². The van der Waals surface area contributed by atoms with Crippen LogP contribution in [0.25, 0.3) is 11.0 Å². The Bertz CT molecular complexity index is 1470. The number of rotatable bonds is 5. The molecule has 4 aromatic rings. The third kappa shape index (κ3) is 5.73. The number of carbonyl (C=O) groups excluding carboxylic acids is 2. The van der Waals surface area contributed by atoms with Gasteiger partial charge in [-0.3, -0.25) is 9.78 Å². The van der Waals surface area contributed by atoms with Gasteiger partial charge >= 0.3 is 12.2 Å². The summed E-state index contributed by atoms with van der Waals surface area (Å²) in [6, 6.07) is 14.9. The average molecular weight is 521 g/mol. The van der Waals surface area contributed by atoms with E-state index in [1.165, 1.54) is 12.1 Å². The highest BCUT2D eigenvalue weighted by atomic mass is 19.4. The van der Waals surface area contributed by atoms with Crippen molar-refractivity contribution < 1.29 is 27.5 Å². The van der Waals surface area contributed by atoms with Gasteiger partial charge in [0, 0.05) is 35.6 Å². The number of halogens is 3. The third-order valence-corrected chi connectivity index (χ3v) is 6.00. The molecule has 1 aliphatic rings. The number of benzene rings is 3. The van der Waals surface area contributed by atoms with Crippen molar-refractivity contribution >= 4 is 40.0 Å². The predicted molar refractivity (Wildman–Crippen MR) is 137 cm³/mol. The fourth-order valence-electron chi connectivity index (χ4n) is 4.00. The lowest BCUT2D eigenvalue weighted by molar-refractivity contribution is -0.137. The molecule has 1 aliphatic heterocycles. The molecule has 8 nitrogen and oxygen atoms in total. The highest BCUT2D eigenvalue weighted by Crippen LogP contribution is 2.30. The summed E-state index contributed by atoms with van der Waals surface area (Å²) in [7, 11) is 0. The van der Waals surface area contributed by atoms with Gasteiger partial charge in [0.15, 0.2) is 5.78 Å². The van der Waals surface area contributed by atoms with Gasteiger partial charge in [-0.25, -0.2) is 9.78 Å². The lowest BCUT2D eigenvalue weighted by atomic mass is 10.0. The van der Waals surface area contributed by atoms with E-state index >= 15 is 0 Å². The lowest BCUT2D eigenvalue weighted by Crippen LogP contribution is -2.36. The minimum atomic E-state index is -4.45. The molecule has 2 N–H and O–H groups in total. The Labute approximate surface area is 215 Å². The van der Waals surface area contributed by atoms with E-state index in [2.05, 4.69) is 25.5 Å². The Kier molecular flexibility index (Phi) is 6.93. The minimum absolute atomic E-state index is 0.207. The van der Waals surface area contributed by atoms with Crippen LogP contribution in [0.1, 0.15) is 21.5 Å². The number of fused-ring (bicyclic) bond motifs is 1. The van der Waals surface area contributed by atoms with Gasteiger partial charge < -0.3 is 20.3 Å². The number of ketones is 1. The molecule has 2 heterocycles. The van der Waals surface area contributed by atoms with E-state index < -0.39 is 17.8 Å². The first-order valence-electron chi connectivity index (χ1n) is 11.8. The van der Waals surface area contributed by atoms with Crippen LogP contribution in [0, 0.1) is 0 Å². The highest BCUT2D eigenvalue weighted by molar-refractivity contribution is 6.10. The van der Waals surface area contributed by atoms with Crippen LogP contribution in [-0.4, -0.2) is 48.1 Å². The molecule has 2 amide bonds. The fraction of sp³-hybridized carbons (Fsp3) is 0.185. The van der Waals surface area contributed by atoms with Crippen molar-refractivity contribution in [1.29, 1.82) is 0 Å². The molecule has 1 aromatic heterocycles. The molecule has 38 heavy (non-hydrogen) atoms. The molecule has 1 saturated heterocycles. The topological polar surface area (TPSA) is 96.5 Å². The zero-order chi connectivity index (χ0) is 26.7. The molecular formula is C27H22F3N5O3. The Morgan fingerprint density at radius 2 is 1.42 bits per heavy atom. The maximum Gasteiger partial charge on any atom is 0.416 e. The van der Waals surface area contributed by atoms with Crippen molar-refractivity contribution in [2.45, 2.75) is 6.18 Å². The van der Waals surface area contributed by atoms with Crippen LogP contribution in [0.15, 0.2) is 72.9 Å². The number of hydrogen-bond donors (Lipinski definition) is 2. The van der Waals surface area contributed by atoms with Crippen molar-refractivity contribution in [1.82, 2.24) is 9.97 Å². The van der Waals surface area contributed by atoms with Gasteiger partial charge in [-0.05, 0) is 66.7 Å². The standard InChI is InChI=1S/C27H22F3N5O3/c28-27(29,30)19-4-8-21(9-5-19)33-26(37)32-20-6-1-17(2-7-20)25(36)18-3-10-22-23(15-18)34-24(16-31-22)35-11-13-38-14-12-35/h1-10,15-16H,11-14H2,(H2,32,33,37). The number of urea groups is 1. The minimum Gasteiger partial charge on any atom is -0.378 e. The molecule has 11 heteroatoms. The van der Waals surface area contributed by atoms with E-state index in [0.717, 1.165) is 31.0 Å². The summed E-state index contributed by atoms with van der Waals surface area (Å²) in [5, 5.41) is 5.06. The van der Waals surface area contributed by atoms with Crippen LogP contribution >= 0.6 is 0 Å². The molecule has 1 fully saturated rings. The van der Waals surface area contributed by atoms with Gasteiger partial charge in [0.05, 0.1) is 36.0 Å². The number of aromatic nitrogens is 2. The Balaban J connectivity index is 1.24. The first-order valence-corrected chi connectivity index (χ1v) is 11.8. The number of amides is 2. The summed E-state index contributed by atoms with van der Waals surface area (Å²) in [4.78, 5) is 36.6. The zero-order valence-electron chi connectivity index (χ0n) is 20.0. The van der Waals surface area contributed by atoms with Crippen molar-refractivity contribution in [2.75, 3.05) is 41.8 Å². The molecule has 5 rings (SSSR count). The number of hydrogen-bond acceptors (Lipinski definition) is 6. The summed E-state index contributed by atoms with van der Waals surface area (Å²) >= 11 is 0. The second-order valence-electron chi connectivity index (χ2n) is 8.59. The smallest absolute Gasteiger partial charge is 0.378 e. The van der Waals surface area contributed by atoms with Gasteiger partial charge in [-0.1, -0.05) is 0 Å². The van der Waals surface area contributed by atoms with Gasteiger partial charge in [-0.2, -0.15) is 13.2 Å². The average Bonchev–Trinajstić information content (AvgIpc) is 2.92. The Morgan fingerprint density at radius 3 is 2.05 bits per heavy atom. The quantitative estimate of drug-likeness (QED) is 0.343. The number of nitrogens with one attached hydrogen (secondary N) is 2. The summed E-state index contributed by atoms with van der Waals surface area (Å²) in [6.07, 6.45) is -2.74. The van der Waals surface area contributed by atoms with Crippen LogP contribution in [0.5, 0.6) is 0 Å². The second kappa shape index (κ2) is 10.5. The lowest BCUT2D eigenvalue weighted by Gasteiger charge is -2.27. The van der Waals surface area contributed by atoms with Crippen molar-refractivity contribution in [3.05, 3.63) is 89.6 Å². The van der Waals surface area contributed by atoms with Crippen LogP contribution < -0.4 is 15.5 Å². The van der Waals surface area contributed by atoms with E-state index in [1.807, 2.05) is 0 Å². The monoisotopic (exact) mass is 521 g/mol. The van der Waals surface area contributed by atoms with Crippen LogP contribution in [0.4, 0.5) is 35.2 Å². The van der Waals surface area contributed by atoms with E-state index in [1.54, 1.807) is 48.7 Å². The zero-order valence-corrected chi connectivity index (χ0v) is 20.0. The van der Waals surface area contributed by atoms with Gasteiger partial charge in [0.25, 0.3) is 0 Å². The summed E-state index contributed by atoms with van der Waals surface area (Å²) in [5.41, 5.74) is 1.96. The van der Waals surface area contributed by atoms with Crippen LogP contribution in [0.2, 0.25) is 0 Å². The van der Waals surface area contributed by atoms with Crippen LogP contribution in [-0.2, 0) is 10.9 Å². The molecule has 3 aromatic carbocycles. The number of alkyl halides is 3. The summed E-state index contributed by atoms with van der Waals surface area (Å²) < 4.78 is 43.4. The van der Waals surface area contributed by atoms with Crippen LogP contribution in [0.3, 0.4) is 0 Å². The van der Waals surface area contributed by atoms with Gasteiger partial charge in [-0.15, -0.1) is 0 Å². The molecule has 0 spiro atoms.